The van der Waals surface area contributed by atoms with Gasteiger partial charge in [0.05, 0.1) is 11.3 Å². The highest BCUT2D eigenvalue weighted by atomic mass is 32.2. The van der Waals surface area contributed by atoms with Crippen molar-refractivity contribution in [1.82, 2.24) is 19.9 Å². The molecule has 0 bridgehead atoms. The van der Waals surface area contributed by atoms with Gasteiger partial charge in [0.25, 0.3) is 5.56 Å². The number of amides is 1. The summed E-state index contributed by atoms with van der Waals surface area (Å²) >= 11 is 1.35. The fourth-order valence-electron chi connectivity index (χ4n) is 3.38. The van der Waals surface area contributed by atoms with Crippen molar-refractivity contribution >= 4 is 28.7 Å². The van der Waals surface area contributed by atoms with Crippen LogP contribution in [0.3, 0.4) is 0 Å². The van der Waals surface area contributed by atoms with Crippen LogP contribution in [0.1, 0.15) is 51.6 Å². The Morgan fingerprint density at radius 2 is 2.15 bits per heavy atom. The predicted octanol–water partition coefficient (Wildman–Crippen LogP) is 3.23. The molecule has 0 atom stereocenters. The van der Waals surface area contributed by atoms with Gasteiger partial charge < -0.3 is 10.3 Å². The summed E-state index contributed by atoms with van der Waals surface area (Å²) in [6.07, 6.45) is 5.43. The van der Waals surface area contributed by atoms with Crippen LogP contribution in [0.2, 0.25) is 0 Å². The van der Waals surface area contributed by atoms with Crippen LogP contribution in [-0.4, -0.2) is 32.2 Å². The number of thioether (sulfide) groups is 1. The molecule has 2 heterocycles. The Morgan fingerprint density at radius 1 is 1.42 bits per heavy atom. The summed E-state index contributed by atoms with van der Waals surface area (Å²) in [6.45, 7) is 6.81. The molecule has 3 rings (SSSR count). The molecule has 1 aliphatic rings. The highest BCUT2D eigenvalue weighted by Crippen LogP contribution is 2.21. The maximum atomic E-state index is 12.9. The molecule has 0 aromatic carbocycles. The van der Waals surface area contributed by atoms with Crippen molar-refractivity contribution in [3.8, 4) is 0 Å². The van der Waals surface area contributed by atoms with Gasteiger partial charge in [-0.05, 0) is 38.2 Å². The normalized spacial score (nSPS) is 15.2. The van der Waals surface area contributed by atoms with Crippen molar-refractivity contribution in [2.24, 2.45) is 5.92 Å². The molecule has 7 heteroatoms. The smallest absolute Gasteiger partial charge is 0.278 e. The third-order valence-corrected chi connectivity index (χ3v) is 5.80. The van der Waals surface area contributed by atoms with Gasteiger partial charge in [0.1, 0.15) is 5.52 Å². The summed E-state index contributed by atoms with van der Waals surface area (Å²) in [4.78, 5) is 32.9. The molecule has 6 nitrogen and oxygen atoms in total. The fourth-order valence-corrected chi connectivity index (χ4v) is 4.21. The molecular formula is C19H28N4O2S. The third-order valence-electron chi connectivity index (χ3n) is 4.82. The zero-order valence-corrected chi connectivity index (χ0v) is 16.6. The lowest BCUT2D eigenvalue weighted by Gasteiger charge is -2.14. The number of carbonyl (C=O) groups is 1. The Kier molecular flexibility index (Phi) is 6.06. The van der Waals surface area contributed by atoms with Gasteiger partial charge in [-0.25, -0.2) is 4.98 Å². The molecule has 2 aromatic heterocycles. The van der Waals surface area contributed by atoms with Gasteiger partial charge in [-0.2, -0.15) is 0 Å². The summed E-state index contributed by atoms with van der Waals surface area (Å²) in [7, 11) is 0. The van der Waals surface area contributed by atoms with Crippen LogP contribution in [0.5, 0.6) is 0 Å². The SMILES string of the molecule is Cc1cc2nc(SCC(=O)NC3CCCC3)n(CCC(C)C)c(=O)c2[nH]1. The van der Waals surface area contributed by atoms with Crippen molar-refractivity contribution in [1.29, 1.82) is 0 Å². The number of hydrogen-bond acceptors (Lipinski definition) is 4. The first-order valence-corrected chi connectivity index (χ1v) is 10.4. The summed E-state index contributed by atoms with van der Waals surface area (Å²) in [5, 5.41) is 3.72. The van der Waals surface area contributed by atoms with Gasteiger partial charge in [0, 0.05) is 18.3 Å². The van der Waals surface area contributed by atoms with Crippen molar-refractivity contribution < 1.29 is 4.79 Å². The molecule has 1 fully saturated rings. The maximum Gasteiger partial charge on any atom is 0.278 e. The first-order valence-electron chi connectivity index (χ1n) is 9.46. The Morgan fingerprint density at radius 3 is 2.85 bits per heavy atom. The van der Waals surface area contributed by atoms with E-state index in [0.717, 1.165) is 25.0 Å². The molecule has 0 unspecified atom stereocenters. The van der Waals surface area contributed by atoms with Crippen molar-refractivity contribution in [3.05, 3.63) is 22.1 Å². The largest absolute Gasteiger partial charge is 0.353 e. The summed E-state index contributed by atoms with van der Waals surface area (Å²) < 4.78 is 1.71. The van der Waals surface area contributed by atoms with Gasteiger partial charge >= 0.3 is 0 Å². The highest BCUT2D eigenvalue weighted by Gasteiger charge is 2.19. The molecule has 0 saturated heterocycles. The predicted molar refractivity (Wildman–Crippen MR) is 106 cm³/mol. The third kappa shape index (κ3) is 4.50. The van der Waals surface area contributed by atoms with E-state index in [1.807, 2.05) is 13.0 Å². The number of aromatic nitrogens is 3. The van der Waals surface area contributed by atoms with Crippen LogP contribution in [0, 0.1) is 12.8 Å². The van der Waals surface area contributed by atoms with Crippen LogP contribution in [0.4, 0.5) is 0 Å². The first kappa shape index (κ1) is 19.0. The monoisotopic (exact) mass is 376 g/mol. The summed E-state index contributed by atoms with van der Waals surface area (Å²) in [5.74, 6) is 0.808. The number of rotatable bonds is 7. The second-order valence-electron chi connectivity index (χ2n) is 7.58. The van der Waals surface area contributed by atoms with E-state index < -0.39 is 0 Å². The first-order chi connectivity index (χ1) is 12.4. The highest BCUT2D eigenvalue weighted by molar-refractivity contribution is 7.99. The van der Waals surface area contributed by atoms with Crippen LogP contribution in [0.15, 0.2) is 16.0 Å². The molecule has 1 aliphatic carbocycles. The summed E-state index contributed by atoms with van der Waals surface area (Å²) in [6, 6.07) is 2.20. The summed E-state index contributed by atoms with van der Waals surface area (Å²) in [5.41, 5.74) is 2.08. The standard InChI is InChI=1S/C19H28N4O2S/c1-12(2)8-9-23-18(25)17-15(10-13(3)20-17)22-19(23)26-11-16(24)21-14-6-4-5-7-14/h10,12,14,20H,4-9,11H2,1-3H3,(H,21,24). The van der Waals surface area contributed by atoms with E-state index in [-0.39, 0.29) is 11.5 Å². The quantitative estimate of drug-likeness (QED) is 0.574. The zero-order valence-electron chi connectivity index (χ0n) is 15.8. The number of nitrogens with one attached hydrogen (secondary N) is 2. The van der Waals surface area contributed by atoms with Crippen LogP contribution in [0.25, 0.3) is 11.0 Å². The van der Waals surface area contributed by atoms with E-state index >= 15 is 0 Å². The van der Waals surface area contributed by atoms with Crippen molar-refractivity contribution in [2.45, 2.75) is 70.6 Å². The van der Waals surface area contributed by atoms with E-state index in [0.29, 0.717) is 40.4 Å². The van der Waals surface area contributed by atoms with E-state index in [4.69, 9.17) is 0 Å². The molecule has 0 radical (unpaired) electrons. The zero-order chi connectivity index (χ0) is 18.7. The number of hydrogen-bond donors (Lipinski definition) is 2. The minimum absolute atomic E-state index is 0.0249. The minimum Gasteiger partial charge on any atom is -0.353 e. The lowest BCUT2D eigenvalue weighted by Crippen LogP contribution is -2.34. The molecule has 2 N–H and O–H groups in total. The Labute approximate surface area is 158 Å². The Hall–Kier alpha value is -1.76. The number of H-pyrrole nitrogens is 1. The van der Waals surface area contributed by atoms with Gasteiger partial charge in [-0.1, -0.05) is 38.5 Å². The number of carbonyl (C=O) groups excluding carboxylic acids is 1. The molecule has 0 aliphatic heterocycles. The second kappa shape index (κ2) is 8.29. The van der Waals surface area contributed by atoms with Crippen LogP contribution < -0.4 is 10.9 Å². The van der Waals surface area contributed by atoms with Gasteiger partial charge in [-0.15, -0.1) is 0 Å². The molecule has 26 heavy (non-hydrogen) atoms. The minimum atomic E-state index is -0.0533. The molecule has 2 aromatic rings. The van der Waals surface area contributed by atoms with Crippen LogP contribution >= 0.6 is 11.8 Å². The van der Waals surface area contributed by atoms with Crippen molar-refractivity contribution in [3.63, 3.8) is 0 Å². The number of nitrogens with zero attached hydrogens (tertiary/aromatic N) is 2. The molecule has 0 spiro atoms. The number of fused-ring (bicyclic) bond motifs is 1. The van der Waals surface area contributed by atoms with Gasteiger partial charge in [0.2, 0.25) is 5.91 Å². The van der Waals surface area contributed by atoms with Crippen molar-refractivity contribution in [2.75, 3.05) is 5.75 Å². The number of aryl methyl sites for hydroxylation is 1. The second-order valence-corrected chi connectivity index (χ2v) is 8.53. The van der Waals surface area contributed by atoms with E-state index in [9.17, 15) is 9.59 Å². The lowest BCUT2D eigenvalue weighted by molar-refractivity contribution is -0.119. The Bertz CT molecular complexity index is 834. The van der Waals surface area contributed by atoms with E-state index in [2.05, 4.69) is 29.1 Å². The van der Waals surface area contributed by atoms with E-state index in [1.54, 1.807) is 4.57 Å². The lowest BCUT2D eigenvalue weighted by atomic mass is 10.1. The fraction of sp³-hybridized carbons (Fsp3) is 0.632. The average molecular weight is 377 g/mol. The maximum absolute atomic E-state index is 12.9. The topological polar surface area (TPSA) is 79.8 Å². The molecule has 142 valence electrons. The average Bonchev–Trinajstić information content (AvgIpc) is 3.21. The Balaban J connectivity index is 1.79. The molecule has 1 saturated carbocycles. The van der Waals surface area contributed by atoms with E-state index in [1.165, 1.54) is 24.6 Å². The number of aromatic amines is 1. The van der Waals surface area contributed by atoms with Gasteiger partial charge in [-0.3, -0.25) is 14.2 Å². The molecular weight excluding hydrogens is 348 g/mol. The van der Waals surface area contributed by atoms with Crippen LogP contribution in [-0.2, 0) is 11.3 Å². The molecule has 1 amide bonds. The van der Waals surface area contributed by atoms with Gasteiger partial charge in [0.15, 0.2) is 5.16 Å².